The van der Waals surface area contributed by atoms with E-state index in [9.17, 15) is 9.59 Å². The summed E-state index contributed by atoms with van der Waals surface area (Å²) in [5.74, 6) is -0.627. The number of nitrogens with one attached hydrogen (secondary N) is 2. The van der Waals surface area contributed by atoms with Gasteiger partial charge in [0.25, 0.3) is 5.91 Å². The van der Waals surface area contributed by atoms with Crippen LogP contribution in [0, 0.1) is 0 Å². The largest absolute Gasteiger partial charge is 0.366 e. The Bertz CT molecular complexity index is 482. The Balaban J connectivity index is 1.94. The van der Waals surface area contributed by atoms with E-state index in [1.54, 1.807) is 11.4 Å². The van der Waals surface area contributed by atoms with E-state index in [1.165, 1.54) is 11.3 Å². The molecule has 1 aliphatic rings. The Kier molecular flexibility index (Phi) is 5.11. The number of carbonyl (C=O) groups is 2. The standard InChI is InChI=1S/C13H20N4O2S/c1-2-17(9-3-5-15-7-9)8-11(18)16-13-10(12(14)19)4-6-20-13/h4,6,9,15H,2-3,5,7-8H2,1H3,(H2,14,19)(H,16,18). The van der Waals surface area contributed by atoms with Crippen LogP contribution in [0.2, 0.25) is 0 Å². The molecule has 1 aromatic rings. The lowest BCUT2D eigenvalue weighted by Gasteiger charge is -2.25. The van der Waals surface area contributed by atoms with E-state index in [2.05, 4.69) is 15.5 Å². The number of rotatable bonds is 6. The minimum Gasteiger partial charge on any atom is -0.366 e. The quantitative estimate of drug-likeness (QED) is 0.712. The third kappa shape index (κ3) is 3.56. The number of anilines is 1. The molecule has 0 spiro atoms. The summed E-state index contributed by atoms with van der Waals surface area (Å²) in [6, 6.07) is 2.03. The van der Waals surface area contributed by atoms with Gasteiger partial charge in [-0.25, -0.2) is 0 Å². The molecule has 0 radical (unpaired) electrons. The lowest BCUT2D eigenvalue weighted by Crippen LogP contribution is -2.41. The van der Waals surface area contributed by atoms with E-state index in [0.29, 0.717) is 23.2 Å². The normalized spacial score (nSPS) is 18.4. The van der Waals surface area contributed by atoms with Crippen LogP contribution in [0.3, 0.4) is 0 Å². The molecular weight excluding hydrogens is 276 g/mol. The molecule has 20 heavy (non-hydrogen) atoms. The highest BCUT2D eigenvalue weighted by molar-refractivity contribution is 7.14. The van der Waals surface area contributed by atoms with Gasteiger partial charge in [-0.05, 0) is 31.0 Å². The van der Waals surface area contributed by atoms with Gasteiger partial charge in [0.2, 0.25) is 5.91 Å². The molecule has 1 atom stereocenters. The predicted molar refractivity (Wildman–Crippen MR) is 80.0 cm³/mol. The number of primary amides is 1. The smallest absolute Gasteiger partial charge is 0.251 e. The number of amides is 2. The highest BCUT2D eigenvalue weighted by Gasteiger charge is 2.23. The van der Waals surface area contributed by atoms with Crippen molar-refractivity contribution in [2.24, 2.45) is 5.73 Å². The Morgan fingerprint density at radius 1 is 1.60 bits per heavy atom. The summed E-state index contributed by atoms with van der Waals surface area (Å²) >= 11 is 1.31. The van der Waals surface area contributed by atoms with Crippen molar-refractivity contribution in [2.45, 2.75) is 19.4 Å². The van der Waals surface area contributed by atoms with Crippen molar-refractivity contribution in [2.75, 3.05) is 31.5 Å². The molecule has 0 aromatic carbocycles. The molecule has 2 amide bonds. The predicted octanol–water partition coefficient (Wildman–Crippen LogP) is 0.469. The Morgan fingerprint density at radius 2 is 2.40 bits per heavy atom. The molecule has 110 valence electrons. The monoisotopic (exact) mass is 296 g/mol. The van der Waals surface area contributed by atoms with Crippen LogP contribution in [0.25, 0.3) is 0 Å². The zero-order valence-corrected chi connectivity index (χ0v) is 12.3. The van der Waals surface area contributed by atoms with Crippen LogP contribution in [0.1, 0.15) is 23.7 Å². The second-order valence-corrected chi connectivity index (χ2v) is 5.70. The van der Waals surface area contributed by atoms with Gasteiger partial charge in [0.1, 0.15) is 5.00 Å². The Morgan fingerprint density at radius 3 is 3.00 bits per heavy atom. The van der Waals surface area contributed by atoms with Crippen LogP contribution in [0.4, 0.5) is 5.00 Å². The molecule has 1 saturated heterocycles. The van der Waals surface area contributed by atoms with Gasteiger partial charge in [0.15, 0.2) is 0 Å². The molecule has 4 N–H and O–H groups in total. The first-order valence-corrected chi connectivity index (χ1v) is 7.61. The zero-order valence-electron chi connectivity index (χ0n) is 11.5. The van der Waals surface area contributed by atoms with Gasteiger partial charge in [-0.15, -0.1) is 11.3 Å². The minimum absolute atomic E-state index is 0.108. The SMILES string of the molecule is CCN(CC(=O)Nc1sccc1C(N)=O)C1CCNC1. The van der Waals surface area contributed by atoms with Gasteiger partial charge in [0, 0.05) is 12.6 Å². The number of nitrogens with two attached hydrogens (primary N) is 1. The van der Waals surface area contributed by atoms with Crippen LogP contribution in [0.5, 0.6) is 0 Å². The summed E-state index contributed by atoms with van der Waals surface area (Å²) in [7, 11) is 0. The topological polar surface area (TPSA) is 87.5 Å². The molecular formula is C13H20N4O2S. The first-order valence-electron chi connectivity index (χ1n) is 6.73. The maximum absolute atomic E-state index is 12.1. The molecule has 1 fully saturated rings. The molecule has 7 heteroatoms. The highest BCUT2D eigenvalue weighted by Crippen LogP contribution is 2.22. The van der Waals surface area contributed by atoms with E-state index >= 15 is 0 Å². The second kappa shape index (κ2) is 6.83. The number of hydrogen-bond donors (Lipinski definition) is 3. The third-order valence-electron chi connectivity index (χ3n) is 3.49. The number of thiophene rings is 1. The summed E-state index contributed by atoms with van der Waals surface area (Å²) in [6.07, 6.45) is 1.06. The van der Waals surface area contributed by atoms with Gasteiger partial charge >= 0.3 is 0 Å². The van der Waals surface area contributed by atoms with E-state index in [1.807, 2.05) is 6.92 Å². The van der Waals surface area contributed by atoms with E-state index < -0.39 is 5.91 Å². The van der Waals surface area contributed by atoms with Gasteiger partial charge in [-0.3, -0.25) is 14.5 Å². The molecule has 0 aliphatic carbocycles. The molecule has 2 heterocycles. The van der Waals surface area contributed by atoms with E-state index in [4.69, 9.17) is 5.73 Å². The van der Waals surface area contributed by atoms with Crippen molar-refractivity contribution in [1.29, 1.82) is 0 Å². The van der Waals surface area contributed by atoms with Crippen molar-refractivity contribution in [3.05, 3.63) is 17.0 Å². The van der Waals surface area contributed by atoms with E-state index in [-0.39, 0.29) is 5.91 Å². The third-order valence-corrected chi connectivity index (χ3v) is 4.32. The fraction of sp³-hybridized carbons (Fsp3) is 0.538. The zero-order chi connectivity index (χ0) is 14.5. The maximum atomic E-state index is 12.1. The van der Waals surface area contributed by atoms with Gasteiger partial charge < -0.3 is 16.4 Å². The summed E-state index contributed by atoms with van der Waals surface area (Å²) in [6.45, 7) is 5.13. The summed E-state index contributed by atoms with van der Waals surface area (Å²) in [5.41, 5.74) is 5.63. The molecule has 2 rings (SSSR count). The number of likely N-dealkylation sites (N-methyl/N-ethyl adjacent to an activating group) is 1. The Labute approximate surface area is 122 Å². The van der Waals surface area contributed by atoms with Crippen LogP contribution in [0.15, 0.2) is 11.4 Å². The van der Waals surface area contributed by atoms with Crippen LogP contribution in [-0.2, 0) is 4.79 Å². The molecule has 1 aromatic heterocycles. The highest BCUT2D eigenvalue weighted by atomic mass is 32.1. The van der Waals surface area contributed by atoms with Crippen molar-refractivity contribution >= 4 is 28.2 Å². The van der Waals surface area contributed by atoms with Crippen LogP contribution in [-0.4, -0.2) is 48.9 Å². The van der Waals surface area contributed by atoms with Crippen LogP contribution < -0.4 is 16.4 Å². The first kappa shape index (κ1) is 15.0. The van der Waals surface area contributed by atoms with Crippen molar-refractivity contribution in [3.8, 4) is 0 Å². The van der Waals surface area contributed by atoms with Crippen LogP contribution >= 0.6 is 11.3 Å². The second-order valence-electron chi connectivity index (χ2n) is 4.79. The Hall–Kier alpha value is -1.44. The lowest BCUT2D eigenvalue weighted by atomic mass is 10.2. The number of carbonyl (C=O) groups excluding carboxylic acids is 2. The first-order chi connectivity index (χ1) is 9.61. The average Bonchev–Trinajstić information content (AvgIpc) is 3.06. The summed E-state index contributed by atoms with van der Waals surface area (Å²) in [4.78, 5) is 25.4. The fourth-order valence-corrected chi connectivity index (χ4v) is 3.21. The average molecular weight is 296 g/mol. The van der Waals surface area contributed by atoms with Crippen molar-refractivity contribution < 1.29 is 9.59 Å². The fourth-order valence-electron chi connectivity index (χ4n) is 2.40. The van der Waals surface area contributed by atoms with Gasteiger partial charge in [-0.1, -0.05) is 6.92 Å². The molecule has 0 saturated carbocycles. The lowest BCUT2D eigenvalue weighted by molar-refractivity contribution is -0.117. The summed E-state index contributed by atoms with van der Waals surface area (Å²) < 4.78 is 0. The molecule has 6 nitrogen and oxygen atoms in total. The van der Waals surface area contributed by atoms with Gasteiger partial charge in [0.05, 0.1) is 12.1 Å². The van der Waals surface area contributed by atoms with Crippen molar-refractivity contribution in [1.82, 2.24) is 10.2 Å². The molecule has 1 unspecified atom stereocenters. The van der Waals surface area contributed by atoms with Gasteiger partial charge in [-0.2, -0.15) is 0 Å². The minimum atomic E-state index is -0.520. The van der Waals surface area contributed by atoms with Crippen molar-refractivity contribution in [3.63, 3.8) is 0 Å². The number of nitrogens with zero attached hydrogens (tertiary/aromatic N) is 1. The maximum Gasteiger partial charge on any atom is 0.251 e. The van der Waals surface area contributed by atoms with E-state index in [0.717, 1.165) is 26.1 Å². The molecule has 0 bridgehead atoms. The number of hydrogen-bond acceptors (Lipinski definition) is 5. The summed E-state index contributed by atoms with van der Waals surface area (Å²) in [5, 5.41) is 8.35. The molecule has 1 aliphatic heterocycles.